The number of carbonyl (C=O) groups is 2. The van der Waals surface area contributed by atoms with Gasteiger partial charge in [-0.05, 0) is 38.8 Å². The van der Waals surface area contributed by atoms with Crippen molar-refractivity contribution in [2.24, 2.45) is 0 Å². The van der Waals surface area contributed by atoms with Crippen LogP contribution in [0.3, 0.4) is 0 Å². The highest BCUT2D eigenvalue weighted by atomic mass is 16.2. The first-order valence-corrected chi connectivity index (χ1v) is 9.57. The maximum absolute atomic E-state index is 12.7. The minimum absolute atomic E-state index is 0.0577. The van der Waals surface area contributed by atoms with Gasteiger partial charge in [0.2, 0.25) is 5.91 Å². The van der Waals surface area contributed by atoms with E-state index in [0.717, 1.165) is 24.2 Å². The van der Waals surface area contributed by atoms with Gasteiger partial charge in [-0.15, -0.1) is 0 Å². The Balaban J connectivity index is 1.73. The molecule has 1 atom stereocenters. The Morgan fingerprint density at radius 3 is 2.72 bits per heavy atom. The normalized spacial score (nSPS) is 16.0. The summed E-state index contributed by atoms with van der Waals surface area (Å²) in [5.74, 6) is 0.267. The Labute approximate surface area is 169 Å². The van der Waals surface area contributed by atoms with Crippen LogP contribution in [-0.4, -0.2) is 45.9 Å². The van der Waals surface area contributed by atoms with Crippen molar-refractivity contribution in [3.63, 3.8) is 0 Å². The van der Waals surface area contributed by atoms with Crippen LogP contribution < -0.4 is 21.1 Å². The van der Waals surface area contributed by atoms with Crippen LogP contribution in [0.2, 0.25) is 0 Å². The van der Waals surface area contributed by atoms with Gasteiger partial charge in [-0.3, -0.25) is 14.4 Å². The summed E-state index contributed by atoms with van der Waals surface area (Å²) in [6.07, 6.45) is 2.19. The van der Waals surface area contributed by atoms with Crippen molar-refractivity contribution in [3.8, 4) is 0 Å². The van der Waals surface area contributed by atoms with Gasteiger partial charge in [0.1, 0.15) is 17.8 Å². The van der Waals surface area contributed by atoms with E-state index in [4.69, 9.17) is 0 Å². The third-order valence-corrected chi connectivity index (χ3v) is 5.09. The fourth-order valence-electron chi connectivity index (χ4n) is 3.70. The van der Waals surface area contributed by atoms with E-state index in [1.165, 1.54) is 13.3 Å². The predicted molar refractivity (Wildman–Crippen MR) is 109 cm³/mol. The summed E-state index contributed by atoms with van der Waals surface area (Å²) in [6, 6.07) is 1.94. The molecule has 0 aliphatic carbocycles. The molecule has 1 saturated heterocycles. The summed E-state index contributed by atoms with van der Waals surface area (Å²) in [4.78, 5) is 49.4. The number of pyridine rings is 1. The molecule has 154 valence electrons. The molecular formula is C20H26N6O3. The topological polar surface area (TPSA) is 120 Å². The first-order chi connectivity index (χ1) is 13.8. The summed E-state index contributed by atoms with van der Waals surface area (Å²) in [5, 5.41) is 5.70. The van der Waals surface area contributed by atoms with E-state index in [1.54, 1.807) is 6.92 Å². The number of anilines is 1. The second-order valence-electron chi connectivity index (χ2n) is 7.43. The molecule has 1 fully saturated rings. The lowest BCUT2D eigenvalue weighted by atomic mass is 10.1. The van der Waals surface area contributed by atoms with Crippen molar-refractivity contribution in [1.82, 2.24) is 25.6 Å². The van der Waals surface area contributed by atoms with E-state index in [9.17, 15) is 14.4 Å². The SMILES string of the molecule is CC(=O)N[C@H]1CCN(c2ncnc(C(=O)NCc3c(C)cc(C)[nH]c3=O)c2C)C1. The van der Waals surface area contributed by atoms with E-state index in [2.05, 4.69) is 25.6 Å². The van der Waals surface area contributed by atoms with Gasteiger partial charge in [-0.2, -0.15) is 0 Å². The Hall–Kier alpha value is -3.23. The van der Waals surface area contributed by atoms with Crippen LogP contribution in [0.25, 0.3) is 0 Å². The maximum Gasteiger partial charge on any atom is 0.270 e. The van der Waals surface area contributed by atoms with Gasteiger partial charge in [0, 0.05) is 49.4 Å². The second-order valence-corrected chi connectivity index (χ2v) is 7.43. The standard InChI is InChI=1S/C20H26N6O3/c1-11-7-12(2)24-19(28)16(11)8-21-20(29)17-13(3)18(23-10-22-17)26-6-5-15(9-26)25-14(4)27/h7,10,15H,5-6,8-9H2,1-4H3,(H,21,29)(H,24,28)(H,25,27)/t15-/m0/s1. The lowest BCUT2D eigenvalue weighted by Gasteiger charge is -2.20. The molecular weight excluding hydrogens is 372 g/mol. The van der Waals surface area contributed by atoms with Crippen molar-refractivity contribution in [2.45, 2.75) is 46.7 Å². The van der Waals surface area contributed by atoms with Gasteiger partial charge in [-0.1, -0.05) is 0 Å². The van der Waals surface area contributed by atoms with Crippen LogP contribution >= 0.6 is 0 Å². The first-order valence-electron chi connectivity index (χ1n) is 9.57. The summed E-state index contributed by atoms with van der Waals surface area (Å²) < 4.78 is 0. The molecule has 1 aliphatic rings. The molecule has 0 bridgehead atoms. The molecule has 9 nitrogen and oxygen atoms in total. The van der Waals surface area contributed by atoms with E-state index in [0.29, 0.717) is 23.5 Å². The molecule has 1 aliphatic heterocycles. The van der Waals surface area contributed by atoms with E-state index < -0.39 is 0 Å². The molecule has 2 aromatic heterocycles. The van der Waals surface area contributed by atoms with Gasteiger partial charge in [-0.25, -0.2) is 9.97 Å². The maximum atomic E-state index is 12.7. The van der Waals surface area contributed by atoms with Crippen molar-refractivity contribution in [3.05, 3.63) is 50.8 Å². The number of aromatic nitrogens is 3. The summed E-state index contributed by atoms with van der Waals surface area (Å²) in [7, 11) is 0. The average molecular weight is 398 g/mol. The third-order valence-electron chi connectivity index (χ3n) is 5.09. The highest BCUT2D eigenvalue weighted by Gasteiger charge is 2.27. The van der Waals surface area contributed by atoms with Gasteiger partial charge < -0.3 is 20.5 Å². The summed E-state index contributed by atoms with van der Waals surface area (Å²) in [6.45, 7) is 8.46. The van der Waals surface area contributed by atoms with Crippen LogP contribution in [0.1, 0.15) is 46.2 Å². The Kier molecular flexibility index (Phi) is 5.95. The minimum atomic E-state index is -0.358. The van der Waals surface area contributed by atoms with Gasteiger partial charge >= 0.3 is 0 Å². The van der Waals surface area contributed by atoms with Crippen molar-refractivity contribution >= 4 is 17.6 Å². The molecule has 29 heavy (non-hydrogen) atoms. The molecule has 9 heteroatoms. The number of rotatable bonds is 5. The van der Waals surface area contributed by atoms with Crippen LogP contribution in [0, 0.1) is 20.8 Å². The molecule has 0 saturated carbocycles. The Morgan fingerprint density at radius 2 is 2.03 bits per heavy atom. The zero-order valence-corrected chi connectivity index (χ0v) is 17.1. The molecule has 3 rings (SSSR count). The molecule has 0 aromatic carbocycles. The fraction of sp³-hybridized carbons (Fsp3) is 0.450. The zero-order valence-electron chi connectivity index (χ0n) is 17.1. The second kappa shape index (κ2) is 8.42. The van der Waals surface area contributed by atoms with E-state index in [1.807, 2.05) is 24.8 Å². The van der Waals surface area contributed by atoms with Crippen molar-refractivity contribution in [1.29, 1.82) is 0 Å². The molecule has 0 spiro atoms. The predicted octanol–water partition coefficient (Wildman–Crippen LogP) is 0.735. The van der Waals surface area contributed by atoms with Crippen molar-refractivity contribution < 1.29 is 9.59 Å². The number of hydrogen-bond donors (Lipinski definition) is 3. The van der Waals surface area contributed by atoms with Gasteiger partial charge in [0.25, 0.3) is 11.5 Å². The van der Waals surface area contributed by atoms with Crippen LogP contribution in [0.15, 0.2) is 17.2 Å². The largest absolute Gasteiger partial charge is 0.354 e. The Morgan fingerprint density at radius 1 is 1.28 bits per heavy atom. The number of H-pyrrole nitrogens is 1. The van der Waals surface area contributed by atoms with E-state index in [-0.39, 0.29) is 35.7 Å². The number of amides is 2. The molecule has 3 N–H and O–H groups in total. The highest BCUT2D eigenvalue weighted by molar-refractivity contribution is 5.94. The molecule has 0 radical (unpaired) electrons. The Bertz CT molecular complexity index is 1000. The minimum Gasteiger partial charge on any atom is -0.354 e. The quantitative estimate of drug-likeness (QED) is 0.683. The first kappa shape index (κ1) is 20.5. The van der Waals surface area contributed by atoms with Crippen LogP contribution in [0.4, 0.5) is 5.82 Å². The number of nitrogens with zero attached hydrogens (tertiary/aromatic N) is 3. The lowest BCUT2D eigenvalue weighted by molar-refractivity contribution is -0.119. The van der Waals surface area contributed by atoms with Crippen LogP contribution in [0.5, 0.6) is 0 Å². The number of hydrogen-bond acceptors (Lipinski definition) is 6. The van der Waals surface area contributed by atoms with Gasteiger partial charge in [0.15, 0.2) is 0 Å². The van der Waals surface area contributed by atoms with Crippen molar-refractivity contribution in [2.75, 3.05) is 18.0 Å². The summed E-state index contributed by atoms with van der Waals surface area (Å²) >= 11 is 0. The van der Waals surface area contributed by atoms with Gasteiger partial charge in [0.05, 0.1) is 0 Å². The zero-order chi connectivity index (χ0) is 21.1. The number of carbonyl (C=O) groups excluding carboxylic acids is 2. The smallest absolute Gasteiger partial charge is 0.270 e. The average Bonchev–Trinajstić information content (AvgIpc) is 3.08. The lowest BCUT2D eigenvalue weighted by Crippen LogP contribution is -2.36. The molecule has 2 aromatic rings. The number of nitrogens with one attached hydrogen (secondary N) is 3. The monoisotopic (exact) mass is 398 g/mol. The highest BCUT2D eigenvalue weighted by Crippen LogP contribution is 2.23. The number of aryl methyl sites for hydroxylation is 2. The molecule has 2 amide bonds. The van der Waals surface area contributed by atoms with E-state index >= 15 is 0 Å². The molecule has 0 unspecified atom stereocenters. The third kappa shape index (κ3) is 4.61. The summed E-state index contributed by atoms with van der Waals surface area (Å²) in [5.41, 5.74) is 2.87. The van der Waals surface area contributed by atoms with Crippen LogP contribution in [-0.2, 0) is 11.3 Å². The number of aromatic amines is 1. The fourth-order valence-corrected chi connectivity index (χ4v) is 3.70. The molecule has 3 heterocycles.